The summed E-state index contributed by atoms with van der Waals surface area (Å²) < 4.78 is 53.8. The molecule has 1 heterocycles. The Morgan fingerprint density at radius 1 is 0.800 bits per heavy atom. The summed E-state index contributed by atoms with van der Waals surface area (Å²) in [6.07, 6.45) is 1.57. The molecule has 30 heavy (non-hydrogen) atoms. The Morgan fingerprint density at radius 2 is 1.47 bits per heavy atom. The Bertz CT molecular complexity index is 1010. The van der Waals surface area contributed by atoms with Crippen molar-refractivity contribution in [2.24, 2.45) is 5.92 Å². The molecule has 3 aromatic carbocycles. The molecular weight excluding hydrogens is 389 g/mol. The molecule has 0 N–H and O–H groups in total. The van der Waals surface area contributed by atoms with Crippen molar-refractivity contribution in [1.29, 1.82) is 0 Å². The maximum Gasteiger partial charge on any atom is 0.183 e. The van der Waals surface area contributed by atoms with Crippen molar-refractivity contribution < 1.29 is 22.6 Å². The van der Waals surface area contributed by atoms with Crippen molar-refractivity contribution in [3.8, 4) is 22.3 Å². The van der Waals surface area contributed by atoms with E-state index in [1.165, 1.54) is 18.2 Å². The number of hydrogen-bond donors (Lipinski definition) is 0. The summed E-state index contributed by atoms with van der Waals surface area (Å²) in [4.78, 5) is 0. The molecule has 5 heteroatoms. The van der Waals surface area contributed by atoms with Gasteiger partial charge in [0.05, 0.1) is 13.2 Å². The number of rotatable bonds is 5. The zero-order valence-electron chi connectivity index (χ0n) is 16.7. The molecule has 0 aliphatic carbocycles. The first-order valence-corrected chi connectivity index (χ1v) is 10.1. The lowest BCUT2D eigenvalue weighted by Gasteiger charge is -2.29. The van der Waals surface area contributed by atoms with Crippen LogP contribution in [0.2, 0.25) is 0 Å². The van der Waals surface area contributed by atoms with E-state index in [9.17, 15) is 13.2 Å². The highest BCUT2D eigenvalue weighted by Gasteiger charge is 2.24. The SMILES string of the molecule is CCCC1COC(c2ccc(-c3ccc(-c4cccc(F)c4F)cc3)c(F)c2)OC1. The molecule has 0 aromatic heterocycles. The third-order valence-corrected chi connectivity index (χ3v) is 5.39. The third-order valence-electron chi connectivity index (χ3n) is 5.39. The van der Waals surface area contributed by atoms with Crippen LogP contribution in [0.1, 0.15) is 31.6 Å². The second kappa shape index (κ2) is 9.02. The van der Waals surface area contributed by atoms with Gasteiger partial charge in [0.15, 0.2) is 17.9 Å². The Labute approximate surface area is 174 Å². The van der Waals surface area contributed by atoms with Gasteiger partial charge in [0.1, 0.15) is 5.82 Å². The molecule has 4 rings (SSSR count). The first kappa shape index (κ1) is 20.6. The van der Waals surface area contributed by atoms with Gasteiger partial charge in [0.2, 0.25) is 0 Å². The fourth-order valence-electron chi connectivity index (χ4n) is 3.78. The van der Waals surface area contributed by atoms with Crippen LogP contribution in [0.3, 0.4) is 0 Å². The third kappa shape index (κ3) is 4.27. The molecule has 0 bridgehead atoms. The lowest BCUT2D eigenvalue weighted by molar-refractivity contribution is -0.206. The van der Waals surface area contributed by atoms with E-state index < -0.39 is 17.9 Å². The van der Waals surface area contributed by atoms with Gasteiger partial charge in [-0.2, -0.15) is 0 Å². The largest absolute Gasteiger partial charge is 0.348 e. The highest BCUT2D eigenvalue weighted by Crippen LogP contribution is 2.32. The zero-order chi connectivity index (χ0) is 21.1. The summed E-state index contributed by atoms with van der Waals surface area (Å²) in [7, 11) is 0. The molecule has 0 saturated carbocycles. The van der Waals surface area contributed by atoms with Gasteiger partial charge in [-0.3, -0.25) is 0 Å². The molecule has 0 unspecified atom stereocenters. The van der Waals surface area contributed by atoms with Crippen LogP contribution < -0.4 is 0 Å². The van der Waals surface area contributed by atoms with Gasteiger partial charge in [-0.1, -0.05) is 61.9 Å². The standard InChI is InChI=1S/C25H23F3O2/c1-2-4-16-14-29-25(30-15-16)19-11-12-20(23(27)13-19)17-7-9-18(10-8-17)21-5-3-6-22(26)24(21)28/h3,5-13,16,25H,2,4,14-15H2,1H3. The average Bonchev–Trinajstić information content (AvgIpc) is 2.77. The fourth-order valence-corrected chi connectivity index (χ4v) is 3.78. The van der Waals surface area contributed by atoms with Crippen LogP contribution in [0.25, 0.3) is 22.3 Å². The molecule has 0 amide bonds. The Kier molecular flexibility index (Phi) is 6.21. The number of halogens is 3. The van der Waals surface area contributed by atoms with Gasteiger partial charge in [0.25, 0.3) is 0 Å². The lowest BCUT2D eigenvalue weighted by atomic mass is 9.98. The number of hydrogen-bond acceptors (Lipinski definition) is 2. The molecule has 1 aliphatic heterocycles. The summed E-state index contributed by atoms with van der Waals surface area (Å²) >= 11 is 0. The Hall–Kier alpha value is -2.63. The van der Waals surface area contributed by atoms with Gasteiger partial charge in [-0.05, 0) is 29.7 Å². The van der Waals surface area contributed by atoms with Crippen LogP contribution in [0.15, 0.2) is 60.7 Å². The van der Waals surface area contributed by atoms with Crippen molar-refractivity contribution in [2.45, 2.75) is 26.1 Å². The molecule has 2 nitrogen and oxygen atoms in total. The van der Waals surface area contributed by atoms with E-state index in [4.69, 9.17) is 9.47 Å². The summed E-state index contributed by atoms with van der Waals surface area (Å²) in [6, 6.07) is 15.7. The van der Waals surface area contributed by atoms with E-state index in [1.54, 1.807) is 36.4 Å². The van der Waals surface area contributed by atoms with Crippen LogP contribution >= 0.6 is 0 Å². The summed E-state index contributed by atoms with van der Waals surface area (Å²) in [5.41, 5.74) is 2.41. The van der Waals surface area contributed by atoms with E-state index in [1.807, 2.05) is 0 Å². The molecule has 1 aliphatic rings. The predicted octanol–water partition coefficient (Wildman–Crippen LogP) is 6.90. The average molecular weight is 412 g/mol. The summed E-state index contributed by atoms with van der Waals surface area (Å²) in [6.45, 7) is 3.35. The molecule has 0 atom stereocenters. The minimum atomic E-state index is -0.897. The van der Waals surface area contributed by atoms with Crippen molar-refractivity contribution >= 4 is 0 Å². The van der Waals surface area contributed by atoms with E-state index in [0.29, 0.717) is 41.4 Å². The molecule has 0 radical (unpaired) electrons. The molecule has 1 saturated heterocycles. The summed E-state index contributed by atoms with van der Waals surface area (Å²) in [5.74, 6) is -1.79. The number of benzene rings is 3. The molecular formula is C25H23F3O2. The van der Waals surface area contributed by atoms with Gasteiger partial charge in [-0.15, -0.1) is 0 Å². The van der Waals surface area contributed by atoms with E-state index in [-0.39, 0.29) is 11.4 Å². The van der Waals surface area contributed by atoms with Crippen LogP contribution in [0, 0.1) is 23.4 Å². The van der Waals surface area contributed by atoms with Crippen molar-refractivity contribution in [3.63, 3.8) is 0 Å². The minimum Gasteiger partial charge on any atom is -0.348 e. The first-order valence-electron chi connectivity index (χ1n) is 10.1. The lowest BCUT2D eigenvalue weighted by Crippen LogP contribution is -2.27. The van der Waals surface area contributed by atoms with E-state index in [0.717, 1.165) is 18.9 Å². The molecule has 3 aromatic rings. The Morgan fingerprint density at radius 3 is 2.10 bits per heavy atom. The van der Waals surface area contributed by atoms with Gasteiger partial charge >= 0.3 is 0 Å². The molecule has 0 spiro atoms. The minimum absolute atomic E-state index is 0.172. The van der Waals surface area contributed by atoms with E-state index >= 15 is 0 Å². The normalized spacial score (nSPS) is 19.1. The van der Waals surface area contributed by atoms with Gasteiger partial charge < -0.3 is 9.47 Å². The van der Waals surface area contributed by atoms with Crippen LogP contribution in [-0.2, 0) is 9.47 Å². The van der Waals surface area contributed by atoms with Gasteiger partial charge in [0, 0.05) is 22.6 Å². The van der Waals surface area contributed by atoms with Crippen molar-refractivity contribution in [3.05, 3.63) is 83.7 Å². The maximum atomic E-state index is 14.8. The smallest absolute Gasteiger partial charge is 0.183 e. The van der Waals surface area contributed by atoms with Crippen LogP contribution in [0.5, 0.6) is 0 Å². The topological polar surface area (TPSA) is 18.5 Å². The van der Waals surface area contributed by atoms with Crippen molar-refractivity contribution in [1.82, 2.24) is 0 Å². The first-order chi connectivity index (χ1) is 14.6. The highest BCUT2D eigenvalue weighted by atomic mass is 19.2. The maximum absolute atomic E-state index is 14.8. The summed E-state index contributed by atoms with van der Waals surface area (Å²) in [5, 5.41) is 0. The molecule has 1 fully saturated rings. The van der Waals surface area contributed by atoms with Crippen LogP contribution in [0.4, 0.5) is 13.2 Å². The Balaban J connectivity index is 1.52. The van der Waals surface area contributed by atoms with Gasteiger partial charge in [-0.25, -0.2) is 13.2 Å². The number of ether oxygens (including phenoxy) is 2. The fraction of sp³-hybridized carbons (Fsp3) is 0.280. The highest BCUT2D eigenvalue weighted by molar-refractivity contribution is 5.71. The second-order valence-electron chi connectivity index (χ2n) is 7.57. The van der Waals surface area contributed by atoms with E-state index in [2.05, 4.69) is 6.92 Å². The molecule has 156 valence electrons. The monoisotopic (exact) mass is 412 g/mol. The quantitative estimate of drug-likeness (QED) is 0.454. The van der Waals surface area contributed by atoms with Crippen molar-refractivity contribution in [2.75, 3.05) is 13.2 Å². The van der Waals surface area contributed by atoms with Crippen LogP contribution in [-0.4, -0.2) is 13.2 Å². The second-order valence-corrected chi connectivity index (χ2v) is 7.57. The predicted molar refractivity (Wildman–Crippen MR) is 110 cm³/mol. The zero-order valence-corrected chi connectivity index (χ0v) is 16.7.